The average molecular weight is 464 g/mol. The predicted molar refractivity (Wildman–Crippen MR) is 102 cm³/mol. The van der Waals surface area contributed by atoms with Crippen LogP contribution in [0.15, 0.2) is 29.4 Å². The topological polar surface area (TPSA) is 79.2 Å². The summed E-state index contributed by atoms with van der Waals surface area (Å²) < 4.78 is 5.74. The van der Waals surface area contributed by atoms with Gasteiger partial charge in [-0.25, -0.2) is 0 Å². The molecule has 3 fully saturated rings. The number of halogens is 1. The van der Waals surface area contributed by atoms with E-state index in [1.54, 1.807) is 12.1 Å². The second-order valence-corrected chi connectivity index (χ2v) is 8.67. The van der Waals surface area contributed by atoms with Crippen LogP contribution in [0.4, 0.5) is 0 Å². The monoisotopic (exact) mass is 464 g/mol. The number of phenols is 1. The van der Waals surface area contributed by atoms with Gasteiger partial charge in [-0.05, 0) is 70.4 Å². The van der Waals surface area contributed by atoms with Gasteiger partial charge < -0.3 is 9.84 Å². The number of amides is 2. The molecule has 26 heavy (non-hydrogen) atoms. The third-order valence-corrected chi connectivity index (χ3v) is 7.24. The maximum absolute atomic E-state index is 12.9. The fourth-order valence-corrected chi connectivity index (χ4v) is 5.75. The smallest absolute Gasteiger partial charge is 0.254 e. The molecular weight excluding hydrogens is 447 g/mol. The molecule has 3 aliphatic carbocycles. The first-order chi connectivity index (χ1) is 12.5. The maximum atomic E-state index is 12.9. The van der Waals surface area contributed by atoms with Crippen LogP contribution >= 0.6 is 22.6 Å². The summed E-state index contributed by atoms with van der Waals surface area (Å²) in [5.74, 6) is -0.0663. The predicted octanol–water partition coefficient (Wildman–Crippen LogP) is 2.54. The van der Waals surface area contributed by atoms with E-state index in [9.17, 15) is 14.7 Å². The van der Waals surface area contributed by atoms with E-state index in [0.29, 0.717) is 14.9 Å². The van der Waals surface area contributed by atoms with Crippen molar-refractivity contribution in [1.82, 2.24) is 5.01 Å². The van der Waals surface area contributed by atoms with Crippen molar-refractivity contribution in [2.45, 2.75) is 12.8 Å². The van der Waals surface area contributed by atoms with Crippen LogP contribution in [-0.4, -0.2) is 35.3 Å². The molecule has 0 unspecified atom stereocenters. The molecule has 2 saturated carbocycles. The molecule has 7 heteroatoms. The minimum atomic E-state index is -0.244. The molecule has 4 aliphatic rings. The Labute approximate surface area is 164 Å². The molecule has 4 atom stereocenters. The lowest BCUT2D eigenvalue weighted by Gasteiger charge is -2.18. The number of hydrogen-bond donors (Lipinski definition) is 1. The van der Waals surface area contributed by atoms with E-state index in [1.165, 1.54) is 13.3 Å². The SMILES string of the molecule is COc1cc(/C=N\N2C(=O)[C@@H]3[C@@H](C2=O)[C@@H]2C=C[C@H]3C23CC3)cc(I)c1O. The molecule has 0 radical (unpaired) electrons. The van der Waals surface area contributed by atoms with Crippen molar-refractivity contribution in [3.63, 3.8) is 0 Å². The standard InChI is InChI=1S/C19H17IN2O4/c1-26-13-7-9(6-12(20)16(13)23)8-21-22-17(24)14-10-2-3-11(15(14)18(22)25)19(10)4-5-19/h2-3,6-8,10-11,14-15,23H,4-5H2,1H3/b21-8-/t10-,11+,14-,15-/m0/s1. The van der Waals surface area contributed by atoms with Crippen molar-refractivity contribution in [1.29, 1.82) is 0 Å². The van der Waals surface area contributed by atoms with E-state index < -0.39 is 0 Å². The lowest BCUT2D eigenvalue weighted by Crippen LogP contribution is -2.30. The van der Waals surface area contributed by atoms with Crippen molar-refractivity contribution in [3.8, 4) is 11.5 Å². The highest BCUT2D eigenvalue weighted by atomic mass is 127. The van der Waals surface area contributed by atoms with Gasteiger partial charge in [-0.1, -0.05) is 12.2 Å². The van der Waals surface area contributed by atoms with Crippen LogP contribution in [0.5, 0.6) is 11.5 Å². The van der Waals surface area contributed by atoms with Crippen LogP contribution in [0.2, 0.25) is 0 Å². The number of methoxy groups -OCH3 is 1. The molecule has 5 rings (SSSR count). The fraction of sp³-hybridized carbons (Fsp3) is 0.421. The molecule has 0 aromatic heterocycles. The molecule has 6 nitrogen and oxygen atoms in total. The molecule has 1 heterocycles. The highest BCUT2D eigenvalue weighted by Crippen LogP contribution is 2.73. The van der Waals surface area contributed by atoms with Gasteiger partial charge in [0.2, 0.25) is 0 Å². The average Bonchev–Trinajstić information content (AvgIpc) is 3.23. The second-order valence-electron chi connectivity index (χ2n) is 7.51. The van der Waals surface area contributed by atoms with E-state index in [1.807, 2.05) is 22.6 Å². The Morgan fingerprint density at radius 1 is 1.23 bits per heavy atom. The second kappa shape index (κ2) is 5.31. The van der Waals surface area contributed by atoms with Gasteiger partial charge in [-0.15, -0.1) is 0 Å². The lowest BCUT2D eigenvalue weighted by molar-refractivity contribution is -0.141. The van der Waals surface area contributed by atoms with E-state index in [-0.39, 0.29) is 46.7 Å². The van der Waals surface area contributed by atoms with Gasteiger partial charge in [0.05, 0.1) is 28.7 Å². The summed E-state index contributed by atoms with van der Waals surface area (Å²) in [6.07, 6.45) is 8.01. The maximum Gasteiger partial charge on any atom is 0.254 e. The number of benzene rings is 1. The van der Waals surface area contributed by atoms with E-state index in [4.69, 9.17) is 4.74 Å². The van der Waals surface area contributed by atoms with Gasteiger partial charge in [-0.3, -0.25) is 9.59 Å². The minimum absolute atomic E-state index is 0.0606. The number of fused-ring (bicyclic) bond motifs is 3. The molecule has 1 aromatic carbocycles. The molecule has 1 saturated heterocycles. The molecular formula is C19H17IN2O4. The zero-order chi connectivity index (χ0) is 18.2. The summed E-state index contributed by atoms with van der Waals surface area (Å²) in [6.45, 7) is 0. The lowest BCUT2D eigenvalue weighted by atomic mass is 9.85. The Hall–Kier alpha value is -1.90. The Kier molecular flexibility index (Phi) is 3.33. The molecule has 1 spiro atoms. The van der Waals surface area contributed by atoms with Gasteiger partial charge in [0, 0.05) is 0 Å². The number of nitrogens with zero attached hydrogens (tertiary/aromatic N) is 2. The number of hydrogen-bond acceptors (Lipinski definition) is 5. The van der Waals surface area contributed by atoms with E-state index in [0.717, 1.165) is 17.9 Å². The highest BCUT2D eigenvalue weighted by Gasteiger charge is 2.73. The third-order valence-electron chi connectivity index (χ3n) is 6.42. The highest BCUT2D eigenvalue weighted by molar-refractivity contribution is 14.1. The summed E-state index contributed by atoms with van der Waals surface area (Å²) in [5, 5.41) is 15.1. The first kappa shape index (κ1) is 16.3. The number of carbonyl (C=O) groups is 2. The summed E-state index contributed by atoms with van der Waals surface area (Å²) in [4.78, 5) is 25.7. The van der Waals surface area contributed by atoms with Crippen molar-refractivity contribution in [3.05, 3.63) is 33.4 Å². The summed E-state index contributed by atoms with van der Waals surface area (Å²) in [7, 11) is 1.47. The van der Waals surface area contributed by atoms with Crippen LogP contribution < -0.4 is 4.74 Å². The third kappa shape index (κ3) is 1.95. The molecule has 1 N–H and O–H groups in total. The number of ether oxygens (including phenoxy) is 1. The summed E-state index contributed by atoms with van der Waals surface area (Å²) in [6, 6.07) is 3.34. The first-order valence-corrected chi connectivity index (χ1v) is 9.72. The van der Waals surface area contributed by atoms with Gasteiger partial charge in [-0.2, -0.15) is 10.1 Å². The quantitative estimate of drug-likeness (QED) is 0.323. The number of phenolic OH excluding ortho intramolecular Hbond substituents is 1. The Bertz CT molecular complexity index is 871. The Morgan fingerprint density at radius 3 is 2.38 bits per heavy atom. The summed E-state index contributed by atoms with van der Waals surface area (Å²) in [5.41, 5.74) is 0.846. The van der Waals surface area contributed by atoms with Crippen molar-refractivity contribution >= 4 is 40.6 Å². The van der Waals surface area contributed by atoms with Crippen molar-refractivity contribution < 1.29 is 19.4 Å². The number of hydrazone groups is 1. The van der Waals surface area contributed by atoms with Gasteiger partial charge in [0.15, 0.2) is 11.5 Å². The Balaban J connectivity index is 1.43. The Morgan fingerprint density at radius 2 is 1.85 bits per heavy atom. The number of carbonyl (C=O) groups excluding carboxylic acids is 2. The molecule has 1 aliphatic heterocycles. The first-order valence-electron chi connectivity index (χ1n) is 8.64. The van der Waals surface area contributed by atoms with Gasteiger partial charge >= 0.3 is 0 Å². The van der Waals surface area contributed by atoms with Crippen molar-refractivity contribution in [2.24, 2.45) is 34.2 Å². The molecule has 2 bridgehead atoms. The van der Waals surface area contributed by atoms with Crippen LogP contribution in [0.25, 0.3) is 0 Å². The van der Waals surface area contributed by atoms with Crippen molar-refractivity contribution in [2.75, 3.05) is 7.11 Å². The number of rotatable bonds is 3. The van der Waals surface area contributed by atoms with E-state index in [2.05, 4.69) is 17.3 Å². The number of aromatic hydroxyl groups is 1. The fourth-order valence-electron chi connectivity index (χ4n) is 5.12. The van der Waals surface area contributed by atoms with Crippen LogP contribution in [0.3, 0.4) is 0 Å². The van der Waals surface area contributed by atoms with E-state index >= 15 is 0 Å². The van der Waals surface area contributed by atoms with Crippen LogP contribution in [0.1, 0.15) is 18.4 Å². The van der Waals surface area contributed by atoms with Gasteiger partial charge in [0.1, 0.15) is 0 Å². The molecule has 2 amide bonds. The number of imide groups is 1. The molecule has 134 valence electrons. The zero-order valence-corrected chi connectivity index (χ0v) is 16.2. The number of allylic oxidation sites excluding steroid dienone is 2. The van der Waals surface area contributed by atoms with Crippen LogP contribution in [-0.2, 0) is 9.59 Å². The molecule has 1 aromatic rings. The minimum Gasteiger partial charge on any atom is -0.504 e. The normalized spacial score (nSPS) is 32.9. The van der Waals surface area contributed by atoms with Crippen LogP contribution in [0, 0.1) is 32.7 Å². The largest absolute Gasteiger partial charge is 0.504 e. The van der Waals surface area contributed by atoms with Gasteiger partial charge in [0.25, 0.3) is 11.8 Å². The summed E-state index contributed by atoms with van der Waals surface area (Å²) >= 11 is 1.99. The zero-order valence-electron chi connectivity index (χ0n) is 14.1.